The van der Waals surface area contributed by atoms with Crippen LogP contribution in [0.3, 0.4) is 0 Å². The van der Waals surface area contributed by atoms with Crippen molar-refractivity contribution in [2.24, 2.45) is 5.73 Å². The Labute approximate surface area is 94.7 Å². The SMILES string of the molecule is Cc1ccnc(N2CCOC(C(=N)N)C2)c1. The zero-order valence-electron chi connectivity index (χ0n) is 9.31. The summed E-state index contributed by atoms with van der Waals surface area (Å²) in [5, 5.41) is 7.39. The number of rotatable bonds is 2. The van der Waals surface area contributed by atoms with Gasteiger partial charge in [-0.05, 0) is 24.6 Å². The Kier molecular flexibility index (Phi) is 3.05. The molecule has 5 nitrogen and oxygen atoms in total. The van der Waals surface area contributed by atoms with Gasteiger partial charge in [-0.25, -0.2) is 4.98 Å². The molecule has 0 radical (unpaired) electrons. The van der Waals surface area contributed by atoms with E-state index in [4.69, 9.17) is 15.9 Å². The predicted molar refractivity (Wildman–Crippen MR) is 62.8 cm³/mol. The number of nitrogens with one attached hydrogen (secondary N) is 1. The summed E-state index contributed by atoms with van der Waals surface area (Å²) in [7, 11) is 0. The van der Waals surface area contributed by atoms with Gasteiger partial charge in [-0.3, -0.25) is 5.41 Å². The van der Waals surface area contributed by atoms with Crippen LogP contribution in [0.1, 0.15) is 5.56 Å². The lowest BCUT2D eigenvalue weighted by atomic mass is 10.2. The van der Waals surface area contributed by atoms with Crippen LogP contribution in [0.25, 0.3) is 0 Å². The number of hydrogen-bond acceptors (Lipinski definition) is 4. The second-order valence-corrected chi connectivity index (χ2v) is 3.95. The van der Waals surface area contributed by atoms with E-state index >= 15 is 0 Å². The second kappa shape index (κ2) is 4.49. The van der Waals surface area contributed by atoms with Crippen LogP contribution in [0.15, 0.2) is 18.3 Å². The van der Waals surface area contributed by atoms with Gasteiger partial charge in [0.2, 0.25) is 0 Å². The monoisotopic (exact) mass is 220 g/mol. The molecule has 1 aromatic rings. The summed E-state index contributed by atoms with van der Waals surface area (Å²) >= 11 is 0. The number of pyridine rings is 1. The van der Waals surface area contributed by atoms with E-state index in [0.29, 0.717) is 13.2 Å². The molecule has 0 spiro atoms. The third-order valence-corrected chi connectivity index (χ3v) is 2.64. The topological polar surface area (TPSA) is 75.2 Å². The number of nitrogens with zero attached hydrogens (tertiary/aromatic N) is 2. The maximum atomic E-state index is 7.39. The molecular weight excluding hydrogens is 204 g/mol. The van der Waals surface area contributed by atoms with E-state index in [1.807, 2.05) is 19.1 Å². The first-order valence-electron chi connectivity index (χ1n) is 5.30. The zero-order valence-corrected chi connectivity index (χ0v) is 9.31. The van der Waals surface area contributed by atoms with Crippen LogP contribution in [0.2, 0.25) is 0 Å². The van der Waals surface area contributed by atoms with Crippen molar-refractivity contribution in [2.75, 3.05) is 24.6 Å². The summed E-state index contributed by atoms with van der Waals surface area (Å²) in [6.07, 6.45) is 1.49. The van der Waals surface area contributed by atoms with E-state index in [1.54, 1.807) is 6.20 Å². The summed E-state index contributed by atoms with van der Waals surface area (Å²) in [5.41, 5.74) is 6.63. The number of hydrogen-bond donors (Lipinski definition) is 2. The lowest BCUT2D eigenvalue weighted by Crippen LogP contribution is -2.48. The molecule has 16 heavy (non-hydrogen) atoms. The van der Waals surface area contributed by atoms with Crippen molar-refractivity contribution in [1.29, 1.82) is 5.41 Å². The number of aryl methyl sites for hydroxylation is 1. The van der Waals surface area contributed by atoms with Gasteiger partial charge in [-0.1, -0.05) is 0 Å². The Morgan fingerprint density at radius 2 is 2.50 bits per heavy atom. The highest BCUT2D eigenvalue weighted by Gasteiger charge is 2.23. The standard InChI is InChI=1S/C11H16N4O/c1-8-2-3-14-10(6-8)15-4-5-16-9(7-15)11(12)13/h2-3,6,9H,4-5,7H2,1H3,(H3,12,13). The van der Waals surface area contributed by atoms with Gasteiger partial charge in [0.05, 0.1) is 13.2 Å². The predicted octanol–water partition coefficient (Wildman–Crippen LogP) is 0.531. The van der Waals surface area contributed by atoms with Crippen LogP contribution in [0.4, 0.5) is 5.82 Å². The third kappa shape index (κ3) is 2.30. The van der Waals surface area contributed by atoms with Crippen LogP contribution in [-0.2, 0) is 4.74 Å². The number of nitrogens with two attached hydrogens (primary N) is 1. The lowest BCUT2D eigenvalue weighted by Gasteiger charge is -2.33. The molecule has 5 heteroatoms. The van der Waals surface area contributed by atoms with Gasteiger partial charge < -0.3 is 15.4 Å². The molecule has 0 bridgehead atoms. The molecule has 1 saturated heterocycles. The summed E-state index contributed by atoms with van der Waals surface area (Å²) in [4.78, 5) is 6.42. The van der Waals surface area contributed by atoms with Gasteiger partial charge in [-0.15, -0.1) is 0 Å². The highest BCUT2D eigenvalue weighted by molar-refractivity contribution is 5.82. The van der Waals surface area contributed by atoms with Gasteiger partial charge in [0.15, 0.2) is 0 Å². The van der Waals surface area contributed by atoms with Crippen LogP contribution in [0.5, 0.6) is 0 Å². The minimum Gasteiger partial charge on any atom is -0.385 e. The number of anilines is 1. The first-order valence-corrected chi connectivity index (χ1v) is 5.30. The van der Waals surface area contributed by atoms with E-state index < -0.39 is 0 Å². The smallest absolute Gasteiger partial charge is 0.131 e. The third-order valence-electron chi connectivity index (χ3n) is 2.64. The maximum Gasteiger partial charge on any atom is 0.131 e. The average molecular weight is 220 g/mol. The molecule has 2 rings (SSSR count). The van der Waals surface area contributed by atoms with Gasteiger partial charge in [0, 0.05) is 12.7 Å². The highest BCUT2D eigenvalue weighted by Crippen LogP contribution is 2.15. The van der Waals surface area contributed by atoms with Crippen LogP contribution in [-0.4, -0.2) is 36.6 Å². The lowest BCUT2D eigenvalue weighted by molar-refractivity contribution is 0.0823. The Morgan fingerprint density at radius 3 is 3.19 bits per heavy atom. The molecule has 1 unspecified atom stereocenters. The molecule has 1 atom stereocenters. The van der Waals surface area contributed by atoms with Crippen molar-refractivity contribution >= 4 is 11.7 Å². The van der Waals surface area contributed by atoms with Crippen molar-refractivity contribution in [3.8, 4) is 0 Å². The molecule has 3 N–H and O–H groups in total. The maximum absolute atomic E-state index is 7.39. The Hall–Kier alpha value is -1.62. The van der Waals surface area contributed by atoms with E-state index in [0.717, 1.165) is 12.4 Å². The average Bonchev–Trinajstić information content (AvgIpc) is 2.29. The number of aromatic nitrogens is 1. The second-order valence-electron chi connectivity index (χ2n) is 3.95. The fourth-order valence-corrected chi connectivity index (χ4v) is 1.74. The molecule has 1 fully saturated rings. The molecule has 1 aliphatic rings. The summed E-state index contributed by atoms with van der Waals surface area (Å²) in [6, 6.07) is 3.99. The van der Waals surface area contributed by atoms with E-state index in [1.165, 1.54) is 5.56 Å². The quantitative estimate of drug-likeness (QED) is 0.563. The number of ether oxygens (including phenoxy) is 1. The van der Waals surface area contributed by atoms with Gasteiger partial charge in [-0.2, -0.15) is 0 Å². The fraction of sp³-hybridized carbons (Fsp3) is 0.455. The largest absolute Gasteiger partial charge is 0.385 e. The first kappa shape index (κ1) is 10.9. The van der Waals surface area contributed by atoms with Gasteiger partial charge >= 0.3 is 0 Å². The molecule has 0 saturated carbocycles. The number of amidine groups is 1. The van der Waals surface area contributed by atoms with Crippen molar-refractivity contribution < 1.29 is 4.74 Å². The Bertz CT molecular complexity index is 393. The molecule has 2 heterocycles. The van der Waals surface area contributed by atoms with Crippen molar-refractivity contribution in [1.82, 2.24) is 4.98 Å². The molecular formula is C11H16N4O. The molecule has 1 aromatic heterocycles. The first-order chi connectivity index (χ1) is 7.66. The highest BCUT2D eigenvalue weighted by atomic mass is 16.5. The summed E-state index contributed by atoms with van der Waals surface area (Å²) < 4.78 is 5.40. The van der Waals surface area contributed by atoms with E-state index in [9.17, 15) is 0 Å². The van der Waals surface area contributed by atoms with Gasteiger partial charge in [0.25, 0.3) is 0 Å². The van der Waals surface area contributed by atoms with E-state index in [2.05, 4.69) is 9.88 Å². The van der Waals surface area contributed by atoms with Crippen molar-refractivity contribution in [3.05, 3.63) is 23.9 Å². The minimum atomic E-state index is -0.309. The Morgan fingerprint density at radius 1 is 1.69 bits per heavy atom. The summed E-state index contributed by atoms with van der Waals surface area (Å²) in [6.45, 7) is 4.01. The number of morpholine rings is 1. The molecule has 0 aromatic carbocycles. The molecule has 1 aliphatic heterocycles. The van der Waals surface area contributed by atoms with Crippen LogP contribution >= 0.6 is 0 Å². The van der Waals surface area contributed by atoms with Crippen molar-refractivity contribution in [2.45, 2.75) is 13.0 Å². The van der Waals surface area contributed by atoms with Crippen LogP contribution in [0, 0.1) is 12.3 Å². The summed E-state index contributed by atoms with van der Waals surface area (Å²) in [5.74, 6) is 1.01. The van der Waals surface area contributed by atoms with Crippen LogP contribution < -0.4 is 10.6 Å². The fourth-order valence-electron chi connectivity index (χ4n) is 1.74. The molecule has 0 aliphatic carbocycles. The normalized spacial score (nSPS) is 20.8. The van der Waals surface area contributed by atoms with E-state index in [-0.39, 0.29) is 11.9 Å². The minimum absolute atomic E-state index is 0.0809. The molecule has 86 valence electrons. The van der Waals surface area contributed by atoms with Gasteiger partial charge in [0.1, 0.15) is 17.8 Å². The zero-order chi connectivity index (χ0) is 11.5. The Balaban J connectivity index is 2.12. The molecule has 0 amide bonds. The van der Waals surface area contributed by atoms with Crippen molar-refractivity contribution in [3.63, 3.8) is 0 Å².